The molecule has 0 saturated carbocycles. The molecule has 0 fully saturated rings. The van der Waals surface area contributed by atoms with Gasteiger partial charge >= 0.3 is 0 Å². The highest BCUT2D eigenvalue weighted by Gasteiger charge is 2.07. The van der Waals surface area contributed by atoms with Gasteiger partial charge in [-0.2, -0.15) is 11.8 Å². The summed E-state index contributed by atoms with van der Waals surface area (Å²) in [6.07, 6.45) is 2.64. The highest BCUT2D eigenvalue weighted by molar-refractivity contribution is 7.97. The van der Waals surface area contributed by atoms with E-state index >= 15 is 0 Å². The Morgan fingerprint density at radius 3 is 2.59 bits per heavy atom. The van der Waals surface area contributed by atoms with Gasteiger partial charge in [-0.05, 0) is 47.6 Å². The number of ether oxygens (including phenoxy) is 1. The van der Waals surface area contributed by atoms with Crippen molar-refractivity contribution in [1.29, 1.82) is 0 Å². The highest BCUT2D eigenvalue weighted by Crippen LogP contribution is 2.23. The zero-order chi connectivity index (χ0) is 19.6. The minimum atomic E-state index is -0.218. The van der Waals surface area contributed by atoms with Crippen molar-refractivity contribution in [3.05, 3.63) is 58.9 Å². The van der Waals surface area contributed by atoms with Gasteiger partial charge in [-0.3, -0.25) is 4.99 Å². The summed E-state index contributed by atoms with van der Waals surface area (Å²) in [6, 6.07) is 10.1. The van der Waals surface area contributed by atoms with Gasteiger partial charge in [0.2, 0.25) is 0 Å². The van der Waals surface area contributed by atoms with Crippen LogP contribution in [0.25, 0.3) is 0 Å². The van der Waals surface area contributed by atoms with Gasteiger partial charge in [-0.15, -0.1) is 0 Å². The fourth-order valence-electron chi connectivity index (χ4n) is 2.65. The molecule has 0 bridgehead atoms. The smallest absolute Gasteiger partial charge is 0.191 e. The maximum atomic E-state index is 13.4. The first kappa shape index (κ1) is 20.9. The van der Waals surface area contributed by atoms with Crippen molar-refractivity contribution >= 4 is 17.7 Å². The van der Waals surface area contributed by atoms with Gasteiger partial charge < -0.3 is 20.5 Å². The molecule has 0 amide bonds. The van der Waals surface area contributed by atoms with Crippen LogP contribution < -0.4 is 15.4 Å². The lowest BCUT2D eigenvalue weighted by atomic mass is 10.1. The number of benzene rings is 2. The van der Waals surface area contributed by atoms with Crippen molar-refractivity contribution in [1.82, 2.24) is 10.6 Å². The van der Waals surface area contributed by atoms with Crippen LogP contribution in [0.15, 0.2) is 41.4 Å². The van der Waals surface area contributed by atoms with Gasteiger partial charge in [0, 0.05) is 32.0 Å². The van der Waals surface area contributed by atoms with E-state index in [2.05, 4.69) is 15.6 Å². The molecule has 2 aromatic rings. The Morgan fingerprint density at radius 2 is 1.93 bits per heavy atom. The molecular weight excluding hydrogens is 365 g/mol. The molecule has 0 aliphatic carbocycles. The van der Waals surface area contributed by atoms with Crippen LogP contribution in [0.1, 0.15) is 16.7 Å². The SMILES string of the molecule is CN=C(NCCc1ccc(OC)cc1O)NCc1ccc(F)cc1CSC. The Hall–Kier alpha value is -2.41. The summed E-state index contributed by atoms with van der Waals surface area (Å²) in [5.74, 6) is 2.04. The molecule has 0 radical (unpaired) electrons. The van der Waals surface area contributed by atoms with Crippen molar-refractivity contribution in [2.24, 2.45) is 4.99 Å². The van der Waals surface area contributed by atoms with E-state index in [0.29, 0.717) is 31.2 Å². The van der Waals surface area contributed by atoms with Gasteiger partial charge in [0.25, 0.3) is 0 Å². The molecule has 0 saturated heterocycles. The van der Waals surface area contributed by atoms with E-state index in [4.69, 9.17) is 4.74 Å². The topological polar surface area (TPSA) is 65.9 Å². The minimum Gasteiger partial charge on any atom is -0.508 e. The summed E-state index contributed by atoms with van der Waals surface area (Å²) in [7, 11) is 3.27. The van der Waals surface area contributed by atoms with Gasteiger partial charge in [0.05, 0.1) is 7.11 Å². The lowest BCUT2D eigenvalue weighted by Gasteiger charge is -2.14. The second kappa shape index (κ2) is 10.7. The second-order valence-electron chi connectivity index (χ2n) is 5.94. The van der Waals surface area contributed by atoms with Crippen molar-refractivity contribution in [3.63, 3.8) is 0 Å². The maximum absolute atomic E-state index is 13.4. The summed E-state index contributed by atoms with van der Waals surface area (Å²) in [6.45, 7) is 1.17. The monoisotopic (exact) mass is 391 g/mol. The molecular formula is C20H26FN3O2S. The number of phenolic OH excluding ortho intramolecular Hbond substituents is 1. The lowest BCUT2D eigenvalue weighted by molar-refractivity contribution is 0.406. The molecule has 27 heavy (non-hydrogen) atoms. The fraction of sp³-hybridized carbons (Fsp3) is 0.350. The predicted molar refractivity (Wildman–Crippen MR) is 110 cm³/mol. The van der Waals surface area contributed by atoms with Crippen LogP contribution in [0.2, 0.25) is 0 Å². The third-order valence-corrected chi connectivity index (χ3v) is 4.72. The quantitative estimate of drug-likeness (QED) is 0.476. The summed E-state index contributed by atoms with van der Waals surface area (Å²) in [4.78, 5) is 4.21. The average Bonchev–Trinajstić information content (AvgIpc) is 2.67. The summed E-state index contributed by atoms with van der Waals surface area (Å²) < 4.78 is 18.5. The molecule has 0 unspecified atom stereocenters. The summed E-state index contributed by atoms with van der Waals surface area (Å²) >= 11 is 1.66. The first-order chi connectivity index (χ1) is 13.1. The van der Waals surface area contributed by atoms with Crippen LogP contribution in [0.4, 0.5) is 4.39 Å². The van der Waals surface area contributed by atoms with Crippen molar-refractivity contribution < 1.29 is 14.2 Å². The van der Waals surface area contributed by atoms with E-state index in [1.165, 1.54) is 6.07 Å². The second-order valence-corrected chi connectivity index (χ2v) is 6.81. The number of aromatic hydroxyl groups is 1. The number of guanidine groups is 1. The van der Waals surface area contributed by atoms with Crippen LogP contribution in [-0.4, -0.2) is 38.0 Å². The Bertz CT molecular complexity index is 784. The number of aliphatic imine (C=N–C) groups is 1. The summed E-state index contributed by atoms with van der Waals surface area (Å²) in [5, 5.41) is 16.5. The molecule has 0 aliphatic rings. The van der Waals surface area contributed by atoms with Crippen molar-refractivity contribution in [2.75, 3.05) is 27.0 Å². The Labute approximate surface area is 164 Å². The number of nitrogens with zero attached hydrogens (tertiary/aromatic N) is 1. The van der Waals surface area contributed by atoms with Crippen LogP contribution in [-0.2, 0) is 18.7 Å². The van der Waals surface area contributed by atoms with Crippen molar-refractivity contribution in [3.8, 4) is 11.5 Å². The first-order valence-corrected chi connectivity index (χ1v) is 10.0. The van der Waals surface area contributed by atoms with E-state index in [-0.39, 0.29) is 11.6 Å². The van der Waals surface area contributed by atoms with Crippen LogP contribution in [0.3, 0.4) is 0 Å². The average molecular weight is 392 g/mol. The van der Waals surface area contributed by atoms with E-state index in [0.717, 1.165) is 22.4 Å². The van der Waals surface area contributed by atoms with Crippen LogP contribution in [0.5, 0.6) is 11.5 Å². The van der Waals surface area contributed by atoms with Crippen molar-refractivity contribution in [2.45, 2.75) is 18.7 Å². The first-order valence-electron chi connectivity index (χ1n) is 8.64. The van der Waals surface area contributed by atoms with Gasteiger partial charge in [-0.25, -0.2) is 4.39 Å². The van der Waals surface area contributed by atoms with Crippen LogP contribution >= 0.6 is 11.8 Å². The number of thioether (sulfide) groups is 1. The molecule has 0 heterocycles. The molecule has 2 aromatic carbocycles. The fourth-order valence-corrected chi connectivity index (χ4v) is 3.23. The standard InChI is InChI=1S/C20H26FN3O2S/c1-22-20(23-9-8-14-5-7-18(26-2)11-19(14)25)24-12-15-4-6-17(21)10-16(15)13-27-3/h4-7,10-11,25H,8-9,12-13H2,1-3H3,(H2,22,23,24). The maximum Gasteiger partial charge on any atom is 0.191 e. The molecule has 0 atom stereocenters. The highest BCUT2D eigenvalue weighted by atomic mass is 32.2. The van der Waals surface area contributed by atoms with Crippen LogP contribution in [0, 0.1) is 5.82 Å². The normalized spacial score (nSPS) is 11.3. The molecule has 0 spiro atoms. The largest absolute Gasteiger partial charge is 0.508 e. The Kier molecular flexibility index (Phi) is 8.26. The molecule has 0 aromatic heterocycles. The molecule has 5 nitrogen and oxygen atoms in total. The van der Waals surface area contributed by atoms with Gasteiger partial charge in [-0.1, -0.05) is 12.1 Å². The number of halogens is 1. The van der Waals surface area contributed by atoms with E-state index in [1.807, 2.05) is 18.4 Å². The predicted octanol–water partition coefficient (Wildman–Crippen LogP) is 3.31. The van der Waals surface area contributed by atoms with Gasteiger partial charge in [0.1, 0.15) is 17.3 Å². The Morgan fingerprint density at radius 1 is 1.15 bits per heavy atom. The van der Waals surface area contributed by atoms with Gasteiger partial charge in [0.15, 0.2) is 5.96 Å². The molecule has 2 rings (SSSR count). The number of phenols is 1. The third-order valence-electron chi connectivity index (χ3n) is 4.12. The van der Waals surface area contributed by atoms with E-state index < -0.39 is 0 Å². The Balaban J connectivity index is 1.88. The number of hydrogen-bond acceptors (Lipinski definition) is 4. The zero-order valence-electron chi connectivity index (χ0n) is 15.9. The number of nitrogens with one attached hydrogen (secondary N) is 2. The van der Waals surface area contributed by atoms with E-state index in [9.17, 15) is 9.50 Å². The number of hydrogen-bond donors (Lipinski definition) is 3. The van der Waals surface area contributed by atoms with E-state index in [1.54, 1.807) is 44.1 Å². The minimum absolute atomic E-state index is 0.215. The molecule has 7 heteroatoms. The summed E-state index contributed by atoms with van der Waals surface area (Å²) in [5.41, 5.74) is 2.86. The molecule has 3 N–H and O–H groups in total. The number of methoxy groups -OCH3 is 1. The molecule has 0 aliphatic heterocycles. The third kappa shape index (κ3) is 6.36. The zero-order valence-corrected chi connectivity index (χ0v) is 16.7. The lowest BCUT2D eigenvalue weighted by Crippen LogP contribution is -2.38. The molecule has 146 valence electrons. The number of rotatable bonds is 8.